The topological polar surface area (TPSA) is 121 Å². The van der Waals surface area contributed by atoms with Crippen molar-refractivity contribution in [2.24, 2.45) is 0 Å². The van der Waals surface area contributed by atoms with E-state index in [4.69, 9.17) is 10.00 Å². The van der Waals surface area contributed by atoms with Crippen LogP contribution in [0.4, 0.5) is 10.5 Å². The third-order valence-corrected chi connectivity index (χ3v) is 4.19. The van der Waals surface area contributed by atoms with Gasteiger partial charge in [0.25, 0.3) is 5.91 Å². The molecule has 3 heterocycles. The van der Waals surface area contributed by atoms with Crippen molar-refractivity contribution in [2.45, 2.75) is 12.5 Å². The number of amides is 3. The monoisotopic (exact) mass is 386 g/mol. The number of nitrogens with zero attached hydrogens (tertiary/aromatic N) is 5. The zero-order valence-electron chi connectivity index (χ0n) is 15.0. The van der Waals surface area contributed by atoms with Crippen molar-refractivity contribution < 1.29 is 14.3 Å². The number of anilines is 1. The summed E-state index contributed by atoms with van der Waals surface area (Å²) in [5, 5.41) is 11.6. The van der Waals surface area contributed by atoms with Crippen molar-refractivity contribution in [2.75, 3.05) is 4.90 Å². The van der Waals surface area contributed by atoms with E-state index < -0.39 is 18.0 Å². The van der Waals surface area contributed by atoms with Crippen molar-refractivity contribution in [1.29, 1.82) is 5.26 Å². The van der Waals surface area contributed by atoms with Gasteiger partial charge in [-0.25, -0.2) is 24.6 Å². The van der Waals surface area contributed by atoms with Crippen LogP contribution in [0.1, 0.15) is 11.4 Å². The van der Waals surface area contributed by atoms with Crippen molar-refractivity contribution in [3.8, 4) is 17.7 Å². The summed E-state index contributed by atoms with van der Waals surface area (Å²) < 4.78 is 5.61. The molecule has 0 saturated carbocycles. The average Bonchev–Trinajstić information content (AvgIpc) is 3.02. The van der Waals surface area contributed by atoms with Crippen LogP contribution in [0.25, 0.3) is 0 Å². The molecule has 0 aliphatic carbocycles. The Kier molecular flexibility index (Phi) is 4.82. The number of hydrogen-bond acceptors (Lipinski definition) is 7. The molecule has 0 radical (unpaired) electrons. The number of urea groups is 1. The van der Waals surface area contributed by atoms with Crippen LogP contribution in [0.5, 0.6) is 11.6 Å². The van der Waals surface area contributed by atoms with E-state index in [1.54, 1.807) is 54.9 Å². The first-order chi connectivity index (χ1) is 14.1. The summed E-state index contributed by atoms with van der Waals surface area (Å²) in [7, 11) is 0. The first-order valence-corrected chi connectivity index (χ1v) is 8.68. The Morgan fingerprint density at radius 3 is 2.66 bits per heavy atom. The quantitative estimate of drug-likeness (QED) is 0.667. The summed E-state index contributed by atoms with van der Waals surface area (Å²) >= 11 is 0. The van der Waals surface area contributed by atoms with Gasteiger partial charge in [0.1, 0.15) is 17.6 Å². The molecule has 3 amide bonds. The fourth-order valence-electron chi connectivity index (χ4n) is 2.85. The number of nitriles is 1. The average molecular weight is 386 g/mol. The van der Waals surface area contributed by atoms with Crippen LogP contribution in [0.15, 0.2) is 61.1 Å². The van der Waals surface area contributed by atoms with Gasteiger partial charge in [0.15, 0.2) is 0 Å². The summed E-state index contributed by atoms with van der Waals surface area (Å²) in [6.45, 7) is 0. The number of carbonyl (C=O) groups is 2. The van der Waals surface area contributed by atoms with Gasteiger partial charge in [-0.3, -0.25) is 4.79 Å². The molecule has 1 N–H and O–H groups in total. The largest absolute Gasteiger partial charge is 0.439 e. The molecule has 1 saturated heterocycles. The maximum atomic E-state index is 12.7. The van der Waals surface area contributed by atoms with E-state index in [0.29, 0.717) is 22.8 Å². The Morgan fingerprint density at radius 2 is 1.93 bits per heavy atom. The molecule has 0 spiro atoms. The molecule has 4 rings (SSSR count). The lowest BCUT2D eigenvalue weighted by atomic mass is 10.2. The Balaban J connectivity index is 1.47. The van der Waals surface area contributed by atoms with Crippen molar-refractivity contribution in [3.63, 3.8) is 0 Å². The summed E-state index contributed by atoms with van der Waals surface area (Å²) in [5.74, 6) is 0.793. The molecular formula is C20H14N6O3. The molecule has 1 fully saturated rings. The molecule has 29 heavy (non-hydrogen) atoms. The number of ether oxygens (including phenoxy) is 1. The van der Waals surface area contributed by atoms with Crippen LogP contribution >= 0.6 is 0 Å². The van der Waals surface area contributed by atoms with E-state index in [1.165, 1.54) is 6.20 Å². The van der Waals surface area contributed by atoms with E-state index in [1.807, 2.05) is 6.07 Å². The fraction of sp³-hybridized carbons (Fsp3) is 0.100. The van der Waals surface area contributed by atoms with Gasteiger partial charge >= 0.3 is 6.03 Å². The van der Waals surface area contributed by atoms with Gasteiger partial charge in [-0.15, -0.1) is 0 Å². The number of imide groups is 1. The summed E-state index contributed by atoms with van der Waals surface area (Å²) in [4.78, 5) is 38.3. The first kappa shape index (κ1) is 18.1. The van der Waals surface area contributed by atoms with Crippen LogP contribution in [0.2, 0.25) is 0 Å². The zero-order valence-corrected chi connectivity index (χ0v) is 15.0. The van der Waals surface area contributed by atoms with Crippen molar-refractivity contribution in [1.82, 2.24) is 20.3 Å². The van der Waals surface area contributed by atoms with Gasteiger partial charge < -0.3 is 10.1 Å². The Bertz CT molecular complexity index is 1100. The van der Waals surface area contributed by atoms with Gasteiger partial charge in [-0.2, -0.15) is 5.26 Å². The van der Waals surface area contributed by atoms with E-state index in [-0.39, 0.29) is 12.3 Å². The standard InChI is InChI=1S/C20H14N6O3/c21-11-13-3-1-4-15(9-13)29-18-6-5-14(12-24-18)26-19(27)16(25-20(26)28)10-17-22-7-2-8-23-17/h1-9,12,16H,10H2,(H,25,28). The maximum Gasteiger partial charge on any atom is 0.329 e. The minimum atomic E-state index is -0.741. The van der Waals surface area contributed by atoms with Crippen molar-refractivity contribution >= 4 is 17.6 Å². The molecule has 1 aliphatic heterocycles. The van der Waals surface area contributed by atoms with Gasteiger partial charge in [-0.1, -0.05) is 6.07 Å². The van der Waals surface area contributed by atoms with Crippen LogP contribution in [-0.4, -0.2) is 32.9 Å². The third kappa shape index (κ3) is 3.86. The van der Waals surface area contributed by atoms with E-state index in [9.17, 15) is 9.59 Å². The number of benzene rings is 1. The minimum absolute atomic E-state index is 0.200. The van der Waals surface area contributed by atoms with Crippen LogP contribution in [0.3, 0.4) is 0 Å². The van der Waals surface area contributed by atoms with E-state index in [0.717, 1.165) is 4.90 Å². The normalized spacial score (nSPS) is 15.7. The van der Waals surface area contributed by atoms with E-state index >= 15 is 0 Å². The van der Waals surface area contributed by atoms with Crippen molar-refractivity contribution in [3.05, 3.63) is 72.4 Å². The molecular weight excluding hydrogens is 372 g/mol. The lowest BCUT2D eigenvalue weighted by molar-refractivity contribution is -0.118. The SMILES string of the molecule is N#Cc1cccc(Oc2ccc(N3C(=O)NC(Cc4ncccn4)C3=O)cn2)c1. The molecule has 3 aromatic rings. The Morgan fingerprint density at radius 1 is 1.10 bits per heavy atom. The molecule has 1 aromatic carbocycles. The number of nitrogens with one attached hydrogen (secondary N) is 1. The maximum absolute atomic E-state index is 12.7. The fourth-order valence-corrected chi connectivity index (χ4v) is 2.85. The highest BCUT2D eigenvalue weighted by atomic mass is 16.5. The minimum Gasteiger partial charge on any atom is -0.439 e. The van der Waals surface area contributed by atoms with Gasteiger partial charge in [-0.05, 0) is 30.3 Å². The highest BCUT2D eigenvalue weighted by Gasteiger charge is 2.39. The highest BCUT2D eigenvalue weighted by Crippen LogP contribution is 2.24. The number of hydrogen-bond donors (Lipinski definition) is 1. The van der Waals surface area contributed by atoms with Crippen LogP contribution < -0.4 is 15.0 Å². The van der Waals surface area contributed by atoms with Gasteiger partial charge in [0.2, 0.25) is 5.88 Å². The zero-order chi connectivity index (χ0) is 20.2. The predicted octanol–water partition coefficient (Wildman–Crippen LogP) is 2.20. The molecule has 1 unspecified atom stereocenters. The number of rotatable bonds is 5. The van der Waals surface area contributed by atoms with Crippen LogP contribution in [-0.2, 0) is 11.2 Å². The smallest absolute Gasteiger partial charge is 0.329 e. The molecule has 2 aromatic heterocycles. The Labute approximate surface area is 165 Å². The number of pyridine rings is 1. The lowest BCUT2D eigenvalue weighted by Gasteiger charge is -2.13. The predicted molar refractivity (Wildman–Crippen MR) is 101 cm³/mol. The summed E-state index contributed by atoms with van der Waals surface area (Å²) in [5.41, 5.74) is 0.786. The number of aromatic nitrogens is 3. The molecule has 142 valence electrons. The molecule has 0 bridgehead atoms. The second kappa shape index (κ2) is 7.74. The van der Waals surface area contributed by atoms with Crippen LogP contribution in [0, 0.1) is 11.3 Å². The first-order valence-electron chi connectivity index (χ1n) is 8.68. The molecule has 1 atom stereocenters. The highest BCUT2D eigenvalue weighted by molar-refractivity contribution is 6.21. The lowest BCUT2D eigenvalue weighted by Crippen LogP contribution is -2.32. The van der Waals surface area contributed by atoms with Gasteiger partial charge in [0, 0.05) is 24.9 Å². The molecule has 1 aliphatic rings. The summed E-state index contributed by atoms with van der Waals surface area (Å²) in [6.07, 6.45) is 4.74. The second-order valence-electron chi connectivity index (χ2n) is 6.14. The number of carbonyl (C=O) groups excluding carboxylic acids is 2. The molecule has 9 nitrogen and oxygen atoms in total. The Hall–Kier alpha value is -4.32. The second-order valence-corrected chi connectivity index (χ2v) is 6.14. The van der Waals surface area contributed by atoms with E-state index in [2.05, 4.69) is 20.3 Å². The summed E-state index contributed by atoms with van der Waals surface area (Å²) in [6, 6.07) is 12.2. The van der Waals surface area contributed by atoms with Gasteiger partial charge in [0.05, 0.1) is 23.5 Å². The third-order valence-electron chi connectivity index (χ3n) is 4.19. The molecule has 9 heteroatoms.